The van der Waals surface area contributed by atoms with E-state index >= 15 is 0 Å². The Morgan fingerprint density at radius 2 is 2.22 bits per heavy atom. The van der Waals surface area contributed by atoms with Gasteiger partial charge >= 0.3 is 0 Å². The molecule has 0 fully saturated rings. The van der Waals surface area contributed by atoms with E-state index in [0.717, 1.165) is 27.2 Å². The number of nitrogens with one attached hydrogen (secondary N) is 1. The molecule has 3 aromatic rings. The molecule has 0 saturated carbocycles. The molecule has 6 heteroatoms. The van der Waals surface area contributed by atoms with Gasteiger partial charge in [-0.2, -0.15) is 0 Å². The molecule has 0 aliphatic heterocycles. The lowest BCUT2D eigenvalue weighted by Gasteiger charge is -2.22. The molecule has 0 amide bonds. The van der Waals surface area contributed by atoms with Crippen molar-refractivity contribution in [1.82, 2.24) is 14.9 Å². The van der Waals surface area contributed by atoms with E-state index in [1.165, 1.54) is 0 Å². The predicted molar refractivity (Wildman–Crippen MR) is 93.1 cm³/mol. The van der Waals surface area contributed by atoms with Crippen molar-refractivity contribution in [2.45, 2.75) is 19.5 Å². The molecule has 2 aromatic heterocycles. The summed E-state index contributed by atoms with van der Waals surface area (Å²) in [6.07, 6.45) is 1.81. The first-order chi connectivity index (χ1) is 11.1. The maximum absolute atomic E-state index is 12.3. The molecule has 0 bridgehead atoms. The van der Waals surface area contributed by atoms with Gasteiger partial charge < -0.3 is 9.72 Å². The lowest BCUT2D eigenvalue weighted by molar-refractivity contribution is 0.251. The van der Waals surface area contributed by atoms with Crippen LogP contribution < -0.4 is 10.3 Å². The molecule has 1 atom stereocenters. The van der Waals surface area contributed by atoms with Crippen LogP contribution in [0.5, 0.6) is 5.75 Å². The standard InChI is InChI=1S/C17H19N3O2S/c1-11(17-18-6-7-23-17)20(2)10-13-8-12-4-5-14(22-3)9-15(12)19-16(13)21/h4-9,11H,10H2,1-3H3,(H,19,21)/t11-/m1/s1. The summed E-state index contributed by atoms with van der Waals surface area (Å²) in [5.74, 6) is 0.732. The highest BCUT2D eigenvalue weighted by Gasteiger charge is 2.16. The first-order valence-corrected chi connectivity index (χ1v) is 8.26. The highest BCUT2D eigenvalue weighted by Crippen LogP contribution is 2.23. The number of rotatable bonds is 5. The number of ether oxygens (including phenoxy) is 1. The third kappa shape index (κ3) is 3.28. The first kappa shape index (κ1) is 15.7. The zero-order chi connectivity index (χ0) is 16.4. The molecule has 1 N–H and O–H groups in total. The summed E-state index contributed by atoms with van der Waals surface area (Å²) in [6, 6.07) is 7.80. The normalized spacial score (nSPS) is 12.7. The van der Waals surface area contributed by atoms with Gasteiger partial charge in [-0.1, -0.05) is 0 Å². The summed E-state index contributed by atoms with van der Waals surface area (Å²) in [5.41, 5.74) is 1.46. The van der Waals surface area contributed by atoms with E-state index in [1.54, 1.807) is 24.6 Å². The molecule has 0 saturated heterocycles. The van der Waals surface area contributed by atoms with Crippen LogP contribution in [0.4, 0.5) is 0 Å². The Morgan fingerprint density at radius 3 is 2.91 bits per heavy atom. The van der Waals surface area contributed by atoms with Crippen molar-refractivity contribution >= 4 is 22.2 Å². The second kappa shape index (κ2) is 6.52. The molecule has 0 aliphatic carbocycles. The van der Waals surface area contributed by atoms with E-state index < -0.39 is 0 Å². The number of methoxy groups -OCH3 is 1. The predicted octanol–water partition coefficient (Wildman–Crippen LogP) is 3.19. The number of hydrogen-bond donors (Lipinski definition) is 1. The molecule has 3 rings (SSSR count). The van der Waals surface area contributed by atoms with Gasteiger partial charge in [0.15, 0.2) is 0 Å². The fraction of sp³-hybridized carbons (Fsp3) is 0.294. The molecular formula is C17H19N3O2S. The van der Waals surface area contributed by atoms with Crippen molar-refractivity contribution in [1.29, 1.82) is 0 Å². The van der Waals surface area contributed by atoms with Crippen LogP contribution >= 0.6 is 11.3 Å². The van der Waals surface area contributed by atoms with Crippen LogP contribution in [0.25, 0.3) is 10.9 Å². The van der Waals surface area contributed by atoms with Gasteiger partial charge in [0.05, 0.1) is 18.7 Å². The van der Waals surface area contributed by atoms with Crippen molar-refractivity contribution in [3.8, 4) is 5.75 Å². The second-order valence-corrected chi connectivity index (χ2v) is 6.46. The van der Waals surface area contributed by atoms with Crippen molar-refractivity contribution in [2.24, 2.45) is 0 Å². The van der Waals surface area contributed by atoms with Crippen molar-refractivity contribution in [3.05, 3.63) is 56.8 Å². The summed E-state index contributed by atoms with van der Waals surface area (Å²) in [5, 5.41) is 4.01. The molecule has 0 unspecified atom stereocenters. The monoisotopic (exact) mass is 329 g/mol. The molecule has 0 radical (unpaired) electrons. The summed E-state index contributed by atoms with van der Waals surface area (Å²) in [4.78, 5) is 21.7. The topological polar surface area (TPSA) is 58.2 Å². The highest BCUT2D eigenvalue weighted by molar-refractivity contribution is 7.09. The maximum atomic E-state index is 12.3. The number of nitrogens with zero attached hydrogens (tertiary/aromatic N) is 2. The van der Waals surface area contributed by atoms with Crippen LogP contribution in [0, 0.1) is 0 Å². The van der Waals surface area contributed by atoms with Crippen molar-refractivity contribution in [2.75, 3.05) is 14.2 Å². The van der Waals surface area contributed by atoms with E-state index in [1.807, 2.05) is 36.7 Å². The molecule has 23 heavy (non-hydrogen) atoms. The highest BCUT2D eigenvalue weighted by atomic mass is 32.1. The van der Waals surface area contributed by atoms with E-state index in [2.05, 4.69) is 21.8 Å². The van der Waals surface area contributed by atoms with Gasteiger partial charge in [0.1, 0.15) is 10.8 Å². The number of aromatic amines is 1. The average Bonchev–Trinajstić information content (AvgIpc) is 3.08. The Morgan fingerprint density at radius 1 is 1.39 bits per heavy atom. The number of fused-ring (bicyclic) bond motifs is 1. The third-order valence-corrected chi connectivity index (χ3v) is 4.97. The fourth-order valence-electron chi connectivity index (χ4n) is 2.50. The zero-order valence-corrected chi connectivity index (χ0v) is 14.2. The van der Waals surface area contributed by atoms with Gasteiger partial charge in [-0.05, 0) is 37.6 Å². The number of thiazole rings is 1. The number of hydrogen-bond acceptors (Lipinski definition) is 5. The quantitative estimate of drug-likeness (QED) is 0.781. The Kier molecular flexibility index (Phi) is 4.45. The Balaban J connectivity index is 1.88. The van der Waals surface area contributed by atoms with E-state index in [9.17, 15) is 4.79 Å². The van der Waals surface area contributed by atoms with Gasteiger partial charge in [-0.25, -0.2) is 4.98 Å². The molecule has 0 spiro atoms. The molecule has 2 heterocycles. The molecular weight excluding hydrogens is 310 g/mol. The van der Waals surface area contributed by atoms with Crippen LogP contribution in [0.1, 0.15) is 23.5 Å². The minimum absolute atomic E-state index is 0.0658. The summed E-state index contributed by atoms with van der Waals surface area (Å²) >= 11 is 1.63. The van der Waals surface area contributed by atoms with Gasteiger partial charge in [-0.3, -0.25) is 9.69 Å². The Labute approximate surface area is 138 Å². The van der Waals surface area contributed by atoms with Gasteiger partial charge in [0, 0.05) is 29.8 Å². The SMILES string of the molecule is COc1ccc2cc(CN(C)[C@H](C)c3nccs3)c(=O)[nH]c2c1. The Hall–Kier alpha value is -2.18. The number of aromatic nitrogens is 2. The van der Waals surface area contributed by atoms with E-state index in [-0.39, 0.29) is 11.6 Å². The minimum Gasteiger partial charge on any atom is -0.497 e. The van der Waals surface area contributed by atoms with Crippen LogP contribution in [0.3, 0.4) is 0 Å². The number of benzene rings is 1. The molecule has 120 valence electrons. The lowest BCUT2D eigenvalue weighted by atomic mass is 10.1. The van der Waals surface area contributed by atoms with Crippen LogP contribution in [-0.4, -0.2) is 29.0 Å². The van der Waals surface area contributed by atoms with Crippen LogP contribution in [0.15, 0.2) is 40.6 Å². The minimum atomic E-state index is -0.0658. The largest absolute Gasteiger partial charge is 0.497 e. The summed E-state index contributed by atoms with van der Waals surface area (Å²) < 4.78 is 5.19. The summed E-state index contributed by atoms with van der Waals surface area (Å²) in [7, 11) is 3.62. The van der Waals surface area contributed by atoms with Gasteiger partial charge in [0.2, 0.25) is 0 Å². The van der Waals surface area contributed by atoms with Crippen molar-refractivity contribution < 1.29 is 4.74 Å². The second-order valence-electron chi connectivity index (χ2n) is 5.54. The van der Waals surface area contributed by atoms with Gasteiger partial charge in [0.25, 0.3) is 5.56 Å². The maximum Gasteiger partial charge on any atom is 0.252 e. The van der Waals surface area contributed by atoms with E-state index in [0.29, 0.717) is 6.54 Å². The smallest absolute Gasteiger partial charge is 0.252 e. The van der Waals surface area contributed by atoms with Gasteiger partial charge in [-0.15, -0.1) is 11.3 Å². The van der Waals surface area contributed by atoms with E-state index in [4.69, 9.17) is 4.74 Å². The van der Waals surface area contributed by atoms with Crippen LogP contribution in [-0.2, 0) is 6.54 Å². The molecule has 1 aromatic carbocycles. The van der Waals surface area contributed by atoms with Crippen molar-refractivity contribution in [3.63, 3.8) is 0 Å². The molecule has 5 nitrogen and oxygen atoms in total. The fourth-order valence-corrected chi connectivity index (χ4v) is 3.26. The zero-order valence-electron chi connectivity index (χ0n) is 13.4. The number of pyridine rings is 1. The summed E-state index contributed by atoms with van der Waals surface area (Å²) in [6.45, 7) is 2.66. The first-order valence-electron chi connectivity index (χ1n) is 7.38. The number of H-pyrrole nitrogens is 1. The van der Waals surface area contributed by atoms with Crippen LogP contribution in [0.2, 0.25) is 0 Å². The average molecular weight is 329 g/mol. The molecule has 0 aliphatic rings. The Bertz CT molecular complexity index is 858. The lowest BCUT2D eigenvalue weighted by Crippen LogP contribution is -2.26. The third-order valence-electron chi connectivity index (χ3n) is 4.02.